The lowest BCUT2D eigenvalue weighted by Crippen LogP contribution is -2.57. The summed E-state index contributed by atoms with van der Waals surface area (Å²) < 4.78 is 38.9. The molecule has 0 spiro atoms. The normalized spacial score (nSPS) is 33.3. The average Bonchev–Trinajstić information content (AvgIpc) is 2.77. The van der Waals surface area contributed by atoms with E-state index in [0.717, 1.165) is 50.3 Å². The lowest BCUT2D eigenvalue weighted by Gasteiger charge is -2.54. The van der Waals surface area contributed by atoms with E-state index in [1.54, 1.807) is 6.07 Å². The molecule has 4 nitrogen and oxygen atoms in total. The zero-order chi connectivity index (χ0) is 23.2. The van der Waals surface area contributed by atoms with Gasteiger partial charge in [-0.3, -0.25) is 9.69 Å². The molecule has 0 radical (unpaired) electrons. The highest BCUT2D eigenvalue weighted by Crippen LogP contribution is 2.53. The molecule has 6 rings (SSSR count). The molecule has 1 aromatic rings. The topological polar surface area (TPSA) is 45.2 Å². The number of hydrogen-bond acceptors (Lipinski definition) is 3. The molecule has 1 unspecified atom stereocenters. The van der Waals surface area contributed by atoms with Crippen LogP contribution in [0.15, 0.2) is 18.2 Å². The van der Waals surface area contributed by atoms with Crippen LogP contribution in [0.4, 0.5) is 13.2 Å². The number of rotatable bonds is 6. The molecule has 0 aromatic carbocycles. The molecule has 2 heterocycles. The first-order valence-electron chi connectivity index (χ1n) is 12.9. The zero-order valence-corrected chi connectivity index (χ0v) is 19.5. The van der Waals surface area contributed by atoms with Gasteiger partial charge in [-0.1, -0.05) is 13.0 Å². The van der Waals surface area contributed by atoms with Crippen molar-refractivity contribution in [1.29, 1.82) is 0 Å². The maximum Gasteiger partial charge on any atom is 0.433 e. The van der Waals surface area contributed by atoms with Crippen LogP contribution < -0.4 is 5.32 Å². The van der Waals surface area contributed by atoms with Gasteiger partial charge in [0.05, 0.1) is 5.69 Å². The highest BCUT2D eigenvalue weighted by molar-refractivity contribution is 5.79. The van der Waals surface area contributed by atoms with Gasteiger partial charge >= 0.3 is 6.18 Å². The summed E-state index contributed by atoms with van der Waals surface area (Å²) in [5, 5.41) is 3.51. The van der Waals surface area contributed by atoms with Gasteiger partial charge in [-0.2, -0.15) is 13.2 Å². The van der Waals surface area contributed by atoms with Gasteiger partial charge in [0.1, 0.15) is 5.69 Å². The molecule has 1 aromatic heterocycles. The number of likely N-dealkylation sites (tertiary alicyclic amines) is 1. The maximum atomic E-state index is 13.3. The maximum absolute atomic E-state index is 13.3. The van der Waals surface area contributed by atoms with E-state index in [1.807, 2.05) is 0 Å². The number of nitrogens with one attached hydrogen (secondary N) is 1. The second-order valence-electron chi connectivity index (χ2n) is 11.1. The molecular weight excluding hydrogens is 427 g/mol. The van der Waals surface area contributed by atoms with E-state index < -0.39 is 11.9 Å². The number of carbonyl (C=O) groups is 1. The Hall–Kier alpha value is -1.63. The molecule has 1 aliphatic heterocycles. The second kappa shape index (κ2) is 9.20. The average molecular weight is 464 g/mol. The zero-order valence-electron chi connectivity index (χ0n) is 19.5. The van der Waals surface area contributed by atoms with Crippen molar-refractivity contribution in [1.82, 2.24) is 15.2 Å². The molecule has 4 bridgehead atoms. The van der Waals surface area contributed by atoms with Gasteiger partial charge < -0.3 is 5.32 Å². The summed E-state index contributed by atoms with van der Waals surface area (Å²) in [7, 11) is 0. The summed E-state index contributed by atoms with van der Waals surface area (Å²) >= 11 is 0. The standard InChI is InChI=1S/C26H36F3N3O/c1-2-22(25(33)31-24-19-11-16-10-17(13-19)14-20(24)12-16)18-6-8-32(9-7-18)15-21-4-3-5-23(30-21)26(27,28)29/h3-5,16-20,22,24H,2,6-15H2,1H3,(H,31,33)/t16-,17?,19-,20+,22?,24?. The predicted octanol–water partition coefficient (Wildman–Crippen LogP) is 5.28. The number of alkyl halides is 3. The Morgan fingerprint density at radius 1 is 1.09 bits per heavy atom. The van der Waals surface area contributed by atoms with Gasteiger partial charge in [0.2, 0.25) is 5.91 Å². The summed E-state index contributed by atoms with van der Waals surface area (Å²) in [6.07, 6.45) is 4.88. The van der Waals surface area contributed by atoms with E-state index in [1.165, 1.54) is 38.2 Å². The lowest BCUT2D eigenvalue weighted by atomic mass is 9.54. The minimum Gasteiger partial charge on any atom is -0.353 e. The SMILES string of the molecule is CCC(C(=O)NC1[C@H]2CC3C[C@H](C2)C[C@H]1C3)C1CCN(Cc2cccc(C(F)(F)F)n2)CC1. The Morgan fingerprint density at radius 2 is 1.73 bits per heavy atom. The van der Waals surface area contributed by atoms with E-state index in [4.69, 9.17) is 0 Å². The van der Waals surface area contributed by atoms with Gasteiger partial charge in [0, 0.05) is 18.5 Å². The van der Waals surface area contributed by atoms with Crippen molar-refractivity contribution in [2.75, 3.05) is 13.1 Å². The third kappa shape index (κ3) is 4.94. The van der Waals surface area contributed by atoms with Crippen molar-refractivity contribution in [2.24, 2.45) is 35.5 Å². The summed E-state index contributed by atoms with van der Waals surface area (Å²) in [6, 6.07) is 4.49. The van der Waals surface area contributed by atoms with Crippen LogP contribution in [-0.2, 0) is 17.5 Å². The molecule has 7 heteroatoms. The lowest BCUT2D eigenvalue weighted by molar-refractivity contribution is -0.141. The van der Waals surface area contributed by atoms with Gasteiger partial charge in [-0.25, -0.2) is 4.98 Å². The number of aromatic nitrogens is 1. The fraction of sp³-hybridized carbons (Fsp3) is 0.769. The molecular formula is C26H36F3N3O. The summed E-state index contributed by atoms with van der Waals surface area (Å²) in [6.45, 7) is 4.13. The molecule has 33 heavy (non-hydrogen) atoms. The number of pyridine rings is 1. The van der Waals surface area contributed by atoms with Crippen molar-refractivity contribution in [3.63, 3.8) is 0 Å². The smallest absolute Gasteiger partial charge is 0.353 e. The highest BCUT2D eigenvalue weighted by atomic mass is 19.4. The minimum atomic E-state index is -4.41. The number of amides is 1. The number of carbonyl (C=O) groups excluding carboxylic acids is 1. The Morgan fingerprint density at radius 3 is 2.30 bits per heavy atom. The highest BCUT2D eigenvalue weighted by Gasteiger charge is 2.49. The molecule has 4 aliphatic carbocycles. The Bertz CT molecular complexity index is 821. The number of halogens is 3. The van der Waals surface area contributed by atoms with Crippen LogP contribution >= 0.6 is 0 Å². The third-order valence-electron chi connectivity index (χ3n) is 9.00. The van der Waals surface area contributed by atoms with Gasteiger partial charge in [-0.15, -0.1) is 0 Å². The first-order valence-corrected chi connectivity index (χ1v) is 12.9. The Kier molecular flexibility index (Phi) is 6.45. The summed E-state index contributed by atoms with van der Waals surface area (Å²) in [5.41, 5.74) is -0.377. The Labute approximate surface area is 194 Å². The molecule has 1 saturated heterocycles. The monoisotopic (exact) mass is 463 g/mol. The molecule has 5 fully saturated rings. The van der Waals surface area contributed by atoms with Crippen molar-refractivity contribution in [2.45, 2.75) is 77.1 Å². The molecule has 1 atom stereocenters. The Balaban J connectivity index is 1.14. The van der Waals surface area contributed by atoms with E-state index in [9.17, 15) is 18.0 Å². The van der Waals surface area contributed by atoms with Crippen LogP contribution in [0.3, 0.4) is 0 Å². The second-order valence-corrected chi connectivity index (χ2v) is 11.1. The quantitative estimate of drug-likeness (QED) is 0.624. The van der Waals surface area contributed by atoms with Crippen molar-refractivity contribution in [3.05, 3.63) is 29.6 Å². The number of nitrogens with zero attached hydrogens (tertiary/aromatic N) is 2. The van der Waals surface area contributed by atoms with E-state index >= 15 is 0 Å². The first-order chi connectivity index (χ1) is 15.8. The van der Waals surface area contributed by atoms with Crippen LogP contribution in [-0.4, -0.2) is 34.9 Å². The van der Waals surface area contributed by atoms with Crippen LogP contribution in [0.1, 0.15) is 69.7 Å². The van der Waals surface area contributed by atoms with Crippen molar-refractivity contribution < 1.29 is 18.0 Å². The summed E-state index contributed by atoms with van der Waals surface area (Å²) in [5.74, 6) is 3.80. The van der Waals surface area contributed by atoms with Crippen LogP contribution in [0.5, 0.6) is 0 Å². The first kappa shape index (κ1) is 23.1. The fourth-order valence-electron chi connectivity index (χ4n) is 7.63. The van der Waals surface area contributed by atoms with Gasteiger partial charge in [0.15, 0.2) is 0 Å². The van der Waals surface area contributed by atoms with Crippen molar-refractivity contribution >= 4 is 5.91 Å². The number of piperidine rings is 1. The predicted molar refractivity (Wildman–Crippen MR) is 120 cm³/mol. The largest absolute Gasteiger partial charge is 0.433 e. The van der Waals surface area contributed by atoms with E-state index in [2.05, 4.69) is 22.1 Å². The number of hydrogen-bond donors (Lipinski definition) is 1. The van der Waals surface area contributed by atoms with Gasteiger partial charge in [-0.05, 0) is 106 Å². The van der Waals surface area contributed by atoms with Crippen LogP contribution in [0, 0.1) is 35.5 Å². The van der Waals surface area contributed by atoms with Crippen LogP contribution in [0.25, 0.3) is 0 Å². The van der Waals surface area contributed by atoms with Crippen molar-refractivity contribution in [3.8, 4) is 0 Å². The molecule has 1 amide bonds. The summed E-state index contributed by atoms with van der Waals surface area (Å²) in [4.78, 5) is 19.3. The third-order valence-corrected chi connectivity index (χ3v) is 9.00. The van der Waals surface area contributed by atoms with Gasteiger partial charge in [0.25, 0.3) is 0 Å². The van der Waals surface area contributed by atoms with Crippen LogP contribution in [0.2, 0.25) is 0 Å². The fourth-order valence-corrected chi connectivity index (χ4v) is 7.63. The molecule has 4 saturated carbocycles. The molecule has 5 aliphatic rings. The molecule has 182 valence electrons. The van der Waals surface area contributed by atoms with E-state index in [0.29, 0.717) is 36.0 Å². The van der Waals surface area contributed by atoms with E-state index in [-0.39, 0.29) is 11.8 Å². The molecule has 1 N–H and O–H groups in total. The minimum absolute atomic E-state index is 0.0380.